The molecule has 0 bridgehead atoms. The normalized spacial score (nSPS) is 11.5. The fraction of sp³-hybridized carbons (Fsp3) is 0.833. The van der Waals surface area contributed by atoms with Crippen LogP contribution in [0.3, 0.4) is 0 Å². The number of methoxy groups -OCH3 is 2. The predicted molar refractivity (Wildman–Crippen MR) is 63.0 cm³/mol. The number of hydrogen-bond donors (Lipinski definition) is 0. The molecule has 0 aliphatic heterocycles. The van der Waals surface area contributed by atoms with E-state index >= 15 is 0 Å². The van der Waals surface area contributed by atoms with Crippen LogP contribution in [0.4, 0.5) is 0 Å². The van der Waals surface area contributed by atoms with Gasteiger partial charge in [0, 0.05) is 20.6 Å². The second-order valence-corrected chi connectivity index (χ2v) is 3.40. The van der Waals surface area contributed by atoms with Crippen LogP contribution in [0.1, 0.15) is 32.6 Å². The first-order valence-electron chi connectivity index (χ1n) is 5.75. The van der Waals surface area contributed by atoms with Crippen LogP contribution in [0.15, 0.2) is 12.3 Å². The smallest absolute Gasteiger partial charge is 0.188 e. The van der Waals surface area contributed by atoms with Crippen molar-refractivity contribution in [3.63, 3.8) is 0 Å². The molecule has 0 radical (unpaired) electrons. The molecular weight excluding hydrogens is 208 g/mol. The van der Waals surface area contributed by atoms with Gasteiger partial charge in [0.1, 0.15) is 0 Å². The van der Waals surface area contributed by atoms with Crippen LogP contribution in [0.2, 0.25) is 0 Å². The Bertz CT molecular complexity index is 155. The summed E-state index contributed by atoms with van der Waals surface area (Å²) in [7, 11) is 3.27. The van der Waals surface area contributed by atoms with Gasteiger partial charge in [0.2, 0.25) is 0 Å². The molecule has 0 amide bonds. The zero-order valence-corrected chi connectivity index (χ0v) is 10.6. The van der Waals surface area contributed by atoms with Gasteiger partial charge in [0.25, 0.3) is 0 Å². The first kappa shape index (κ1) is 15.4. The number of hydrogen-bond acceptors (Lipinski definition) is 4. The van der Waals surface area contributed by atoms with Crippen molar-refractivity contribution in [3.8, 4) is 0 Å². The second kappa shape index (κ2) is 12.5. The van der Waals surface area contributed by atoms with Gasteiger partial charge in [0.05, 0.1) is 12.9 Å². The number of allylic oxidation sites excluding steroid dienone is 1. The standard InChI is InChI=1S/C12H24O4/c1-4-5-9-15-11-16-10-7-6-8-12(13-2)14-3/h7,10,12H,4-6,8-9,11H2,1-3H3. The monoisotopic (exact) mass is 232 g/mol. The van der Waals surface area contributed by atoms with E-state index in [0.29, 0.717) is 6.79 Å². The maximum absolute atomic E-state index is 5.22. The molecule has 0 N–H and O–H groups in total. The summed E-state index contributed by atoms with van der Waals surface area (Å²) in [5, 5.41) is 0. The van der Waals surface area contributed by atoms with Crippen LogP contribution in [0.5, 0.6) is 0 Å². The Morgan fingerprint density at radius 3 is 2.56 bits per heavy atom. The highest BCUT2D eigenvalue weighted by atomic mass is 16.7. The number of ether oxygens (including phenoxy) is 4. The predicted octanol–water partition coefficient (Wildman–Crippen LogP) is 2.69. The summed E-state index contributed by atoms with van der Waals surface area (Å²) in [6.07, 6.45) is 7.38. The van der Waals surface area contributed by atoms with E-state index in [1.165, 1.54) is 0 Å². The van der Waals surface area contributed by atoms with Gasteiger partial charge in [-0.2, -0.15) is 0 Å². The van der Waals surface area contributed by atoms with Crippen molar-refractivity contribution in [1.29, 1.82) is 0 Å². The largest absolute Gasteiger partial charge is 0.475 e. The van der Waals surface area contributed by atoms with Crippen molar-refractivity contribution < 1.29 is 18.9 Å². The maximum Gasteiger partial charge on any atom is 0.188 e. The highest BCUT2D eigenvalue weighted by molar-refractivity contribution is 4.73. The van der Waals surface area contributed by atoms with Crippen molar-refractivity contribution in [3.05, 3.63) is 12.3 Å². The van der Waals surface area contributed by atoms with Gasteiger partial charge in [-0.25, -0.2) is 0 Å². The molecular formula is C12H24O4. The fourth-order valence-electron chi connectivity index (χ4n) is 1.09. The summed E-state index contributed by atoms with van der Waals surface area (Å²) in [6.45, 7) is 3.22. The molecule has 0 aliphatic carbocycles. The molecule has 0 fully saturated rings. The van der Waals surface area contributed by atoms with Gasteiger partial charge in [-0.3, -0.25) is 0 Å². The Kier molecular flexibility index (Phi) is 12.0. The summed E-state index contributed by atoms with van der Waals surface area (Å²) >= 11 is 0. The lowest BCUT2D eigenvalue weighted by Crippen LogP contribution is -2.11. The maximum atomic E-state index is 5.22. The minimum atomic E-state index is -0.134. The molecule has 96 valence electrons. The number of unbranched alkanes of at least 4 members (excludes halogenated alkanes) is 1. The quantitative estimate of drug-likeness (QED) is 0.312. The first-order chi connectivity index (χ1) is 7.85. The van der Waals surface area contributed by atoms with Crippen LogP contribution < -0.4 is 0 Å². The van der Waals surface area contributed by atoms with Gasteiger partial charge in [-0.1, -0.05) is 13.3 Å². The Labute approximate surface area is 98.5 Å². The first-order valence-corrected chi connectivity index (χ1v) is 5.75. The van der Waals surface area contributed by atoms with Crippen LogP contribution in [0, 0.1) is 0 Å². The molecule has 4 heteroatoms. The van der Waals surface area contributed by atoms with E-state index in [4.69, 9.17) is 18.9 Å². The third-order valence-corrected chi connectivity index (χ3v) is 2.08. The van der Waals surface area contributed by atoms with Crippen molar-refractivity contribution in [1.82, 2.24) is 0 Å². The average Bonchev–Trinajstić information content (AvgIpc) is 2.32. The Hall–Kier alpha value is -0.580. The Morgan fingerprint density at radius 1 is 1.19 bits per heavy atom. The SMILES string of the molecule is CCCCOCOC=CCCC(OC)OC. The molecule has 4 nitrogen and oxygen atoms in total. The Balaban J connectivity index is 3.21. The zero-order chi connectivity index (χ0) is 12.1. The molecule has 16 heavy (non-hydrogen) atoms. The summed E-state index contributed by atoms with van der Waals surface area (Å²) in [5.41, 5.74) is 0. The summed E-state index contributed by atoms with van der Waals surface area (Å²) in [4.78, 5) is 0. The van der Waals surface area contributed by atoms with Crippen LogP contribution in [-0.4, -0.2) is 33.9 Å². The lowest BCUT2D eigenvalue weighted by Gasteiger charge is -2.11. The van der Waals surface area contributed by atoms with Crippen molar-refractivity contribution >= 4 is 0 Å². The van der Waals surface area contributed by atoms with E-state index in [0.717, 1.165) is 32.3 Å². The van der Waals surface area contributed by atoms with E-state index < -0.39 is 0 Å². The molecule has 0 aromatic rings. The number of rotatable bonds is 11. The highest BCUT2D eigenvalue weighted by Crippen LogP contribution is 2.02. The summed E-state index contributed by atoms with van der Waals surface area (Å²) < 4.78 is 20.5. The molecule has 0 spiro atoms. The minimum Gasteiger partial charge on any atom is -0.475 e. The van der Waals surface area contributed by atoms with E-state index in [1.54, 1.807) is 20.5 Å². The molecule has 0 aliphatic rings. The van der Waals surface area contributed by atoms with Crippen molar-refractivity contribution in [2.24, 2.45) is 0 Å². The van der Waals surface area contributed by atoms with Gasteiger partial charge < -0.3 is 18.9 Å². The molecule has 0 saturated heterocycles. The fourth-order valence-corrected chi connectivity index (χ4v) is 1.09. The van der Waals surface area contributed by atoms with Crippen molar-refractivity contribution in [2.45, 2.75) is 38.9 Å². The lowest BCUT2D eigenvalue weighted by molar-refractivity contribution is -0.105. The molecule has 0 rings (SSSR count). The van der Waals surface area contributed by atoms with E-state index in [2.05, 4.69) is 6.92 Å². The second-order valence-electron chi connectivity index (χ2n) is 3.40. The van der Waals surface area contributed by atoms with Crippen LogP contribution in [-0.2, 0) is 18.9 Å². The molecule has 0 saturated carbocycles. The third-order valence-electron chi connectivity index (χ3n) is 2.08. The third kappa shape index (κ3) is 9.96. The van der Waals surface area contributed by atoms with Crippen LogP contribution >= 0.6 is 0 Å². The van der Waals surface area contributed by atoms with E-state index in [1.807, 2.05) is 6.08 Å². The van der Waals surface area contributed by atoms with E-state index in [-0.39, 0.29) is 6.29 Å². The summed E-state index contributed by atoms with van der Waals surface area (Å²) in [6, 6.07) is 0. The van der Waals surface area contributed by atoms with Gasteiger partial charge >= 0.3 is 0 Å². The molecule has 0 unspecified atom stereocenters. The van der Waals surface area contributed by atoms with Crippen molar-refractivity contribution in [2.75, 3.05) is 27.6 Å². The molecule has 0 aromatic heterocycles. The summed E-state index contributed by atoms with van der Waals surface area (Å²) in [5.74, 6) is 0. The van der Waals surface area contributed by atoms with Gasteiger partial charge in [-0.05, 0) is 18.9 Å². The highest BCUT2D eigenvalue weighted by Gasteiger charge is 2.01. The lowest BCUT2D eigenvalue weighted by atomic mass is 10.3. The van der Waals surface area contributed by atoms with Crippen LogP contribution in [0.25, 0.3) is 0 Å². The molecule has 0 aromatic carbocycles. The molecule has 0 heterocycles. The van der Waals surface area contributed by atoms with Gasteiger partial charge in [-0.15, -0.1) is 0 Å². The van der Waals surface area contributed by atoms with E-state index in [9.17, 15) is 0 Å². The zero-order valence-electron chi connectivity index (χ0n) is 10.6. The van der Waals surface area contributed by atoms with Gasteiger partial charge in [0.15, 0.2) is 13.1 Å². The minimum absolute atomic E-state index is 0.134. The average molecular weight is 232 g/mol. The Morgan fingerprint density at radius 2 is 1.94 bits per heavy atom. The topological polar surface area (TPSA) is 36.9 Å². The molecule has 0 atom stereocenters.